The van der Waals surface area contributed by atoms with Crippen molar-refractivity contribution >= 4 is 29.0 Å². The summed E-state index contributed by atoms with van der Waals surface area (Å²) in [6.45, 7) is 1.74. The number of Topliss-reactive ketones (excluding diaryl/α,β-unsaturated/α-hetero) is 2. The number of fused-ring (bicyclic) bond motifs is 2. The smallest absolute Gasteiger partial charge is 0.332 e. The zero-order valence-corrected chi connectivity index (χ0v) is 23.4. The molecule has 13 heteroatoms. The molecule has 40 heavy (non-hydrogen) atoms. The lowest BCUT2D eigenvalue weighted by Crippen LogP contribution is -2.58. The average Bonchev–Trinajstić information content (AvgIpc) is 3.51. The Balaban J connectivity index is 1.61. The zero-order valence-electron chi connectivity index (χ0n) is 22.6. The highest BCUT2D eigenvalue weighted by molar-refractivity contribution is 6.36. The molecule has 3 aromatic rings. The number of nitrogens with zero attached hydrogens (tertiary/aromatic N) is 4. The Morgan fingerprint density at radius 3 is 2.40 bits per heavy atom. The zero-order chi connectivity index (χ0) is 28.8. The molecule has 3 unspecified atom stereocenters. The standard InChI is InChI=1S/C27H26ClN5O7/c1-11-7-13-17(22(34)27(11)23(35)18-14(38-5)8-15(39-6)20(28)21(18)40-27)16(12-9-29-31(2)10-12)19-24(30-13)32(3)26(37)33(4)25(19)36/h8-11,16,30H,7H2,1-6H3. The number of rotatable bonds is 3. The number of halogens is 1. The molecule has 0 amide bonds. The molecule has 0 saturated carbocycles. The Morgan fingerprint density at radius 2 is 1.77 bits per heavy atom. The number of methoxy groups -OCH3 is 2. The molecule has 3 aliphatic rings. The second-order valence-electron chi connectivity index (χ2n) is 10.3. The third kappa shape index (κ3) is 3.10. The van der Waals surface area contributed by atoms with Gasteiger partial charge >= 0.3 is 5.69 Å². The molecule has 2 aromatic heterocycles. The largest absolute Gasteiger partial charge is 0.496 e. The number of ketones is 2. The molecule has 0 fully saturated rings. The van der Waals surface area contributed by atoms with Crippen molar-refractivity contribution in [2.24, 2.45) is 27.1 Å². The van der Waals surface area contributed by atoms with Gasteiger partial charge in [0.1, 0.15) is 27.9 Å². The lowest BCUT2D eigenvalue weighted by molar-refractivity contribution is -0.130. The van der Waals surface area contributed by atoms with E-state index in [-0.39, 0.29) is 51.2 Å². The third-order valence-corrected chi connectivity index (χ3v) is 8.49. The molecular formula is C27H26ClN5O7. The lowest BCUT2D eigenvalue weighted by Gasteiger charge is -2.42. The first-order chi connectivity index (χ1) is 19.0. The van der Waals surface area contributed by atoms with E-state index in [1.807, 2.05) is 0 Å². The van der Waals surface area contributed by atoms with E-state index in [1.54, 1.807) is 38.1 Å². The van der Waals surface area contributed by atoms with E-state index in [0.29, 0.717) is 11.3 Å². The van der Waals surface area contributed by atoms with Crippen molar-refractivity contribution in [1.82, 2.24) is 18.9 Å². The van der Waals surface area contributed by atoms with Gasteiger partial charge < -0.3 is 19.5 Å². The number of aromatic nitrogens is 4. The number of hydrogen-bond donors (Lipinski definition) is 1. The third-order valence-electron chi connectivity index (χ3n) is 8.13. The number of carbonyl (C=O) groups excluding carboxylic acids is 2. The molecule has 4 heterocycles. The van der Waals surface area contributed by atoms with Crippen molar-refractivity contribution in [3.63, 3.8) is 0 Å². The molecule has 1 spiro atoms. The van der Waals surface area contributed by atoms with Gasteiger partial charge in [-0.15, -0.1) is 0 Å². The summed E-state index contributed by atoms with van der Waals surface area (Å²) < 4.78 is 21.0. The van der Waals surface area contributed by atoms with Gasteiger partial charge in [-0.3, -0.25) is 28.2 Å². The highest BCUT2D eigenvalue weighted by atomic mass is 35.5. The minimum atomic E-state index is -1.96. The van der Waals surface area contributed by atoms with Crippen LogP contribution in [0.25, 0.3) is 0 Å². The number of hydrogen-bond acceptors (Lipinski definition) is 9. The van der Waals surface area contributed by atoms with Crippen molar-refractivity contribution < 1.29 is 23.8 Å². The average molecular weight is 568 g/mol. The SMILES string of the molecule is COc1cc(OC)c2c(c1Cl)OC1(C(=O)C3=C(CC1C)Nc1c(c(=O)n(C)c(=O)n1C)C3c1cnn(C)c1)C2=O. The van der Waals surface area contributed by atoms with E-state index >= 15 is 0 Å². The van der Waals surface area contributed by atoms with Gasteiger partial charge in [0.2, 0.25) is 17.2 Å². The Labute approximate surface area is 232 Å². The van der Waals surface area contributed by atoms with Gasteiger partial charge in [0.25, 0.3) is 5.56 Å². The second-order valence-corrected chi connectivity index (χ2v) is 10.6. The number of anilines is 1. The van der Waals surface area contributed by atoms with Crippen LogP contribution in [0, 0.1) is 5.92 Å². The van der Waals surface area contributed by atoms with E-state index in [1.165, 1.54) is 31.9 Å². The number of carbonyl (C=O) groups is 2. The predicted molar refractivity (Wildman–Crippen MR) is 144 cm³/mol. The van der Waals surface area contributed by atoms with Crippen LogP contribution in [-0.4, -0.2) is 50.3 Å². The second kappa shape index (κ2) is 8.59. The number of aryl methyl sites for hydroxylation is 1. The maximum atomic E-state index is 14.7. The fourth-order valence-corrected chi connectivity index (χ4v) is 6.38. The Hall–Kier alpha value is -4.32. The van der Waals surface area contributed by atoms with Crippen LogP contribution in [0.2, 0.25) is 5.02 Å². The minimum Gasteiger partial charge on any atom is -0.496 e. The molecule has 1 N–H and O–H groups in total. The fourth-order valence-electron chi connectivity index (χ4n) is 6.11. The van der Waals surface area contributed by atoms with Crippen LogP contribution in [0.4, 0.5) is 5.82 Å². The first-order valence-electron chi connectivity index (χ1n) is 12.5. The van der Waals surface area contributed by atoms with E-state index in [0.717, 1.165) is 4.57 Å². The van der Waals surface area contributed by atoms with Gasteiger partial charge in [-0.05, 0) is 6.42 Å². The van der Waals surface area contributed by atoms with Crippen LogP contribution in [0.15, 0.2) is 39.3 Å². The van der Waals surface area contributed by atoms with Crippen molar-refractivity contribution in [3.05, 3.63) is 72.3 Å². The van der Waals surface area contributed by atoms with Crippen molar-refractivity contribution in [1.29, 1.82) is 0 Å². The molecular weight excluding hydrogens is 542 g/mol. The maximum Gasteiger partial charge on any atom is 0.332 e. The van der Waals surface area contributed by atoms with Gasteiger partial charge in [0, 0.05) is 56.2 Å². The molecule has 6 rings (SSSR count). The topological polar surface area (TPSA) is 136 Å². The monoisotopic (exact) mass is 567 g/mol. The summed E-state index contributed by atoms with van der Waals surface area (Å²) in [4.78, 5) is 55.3. The van der Waals surface area contributed by atoms with Gasteiger partial charge in [-0.2, -0.15) is 5.10 Å². The Kier molecular flexibility index (Phi) is 5.57. The fraction of sp³-hybridized carbons (Fsp3) is 0.370. The lowest BCUT2D eigenvalue weighted by atomic mass is 9.66. The van der Waals surface area contributed by atoms with Crippen LogP contribution in [-0.2, 0) is 25.9 Å². The van der Waals surface area contributed by atoms with Crippen molar-refractivity contribution in [2.45, 2.75) is 24.9 Å². The molecule has 0 bridgehead atoms. The predicted octanol–water partition coefficient (Wildman–Crippen LogP) is 1.92. The van der Waals surface area contributed by atoms with Gasteiger partial charge in [-0.1, -0.05) is 18.5 Å². The first kappa shape index (κ1) is 25.9. The minimum absolute atomic E-state index is 0.00697. The van der Waals surface area contributed by atoms with Crippen LogP contribution in [0.5, 0.6) is 17.2 Å². The quantitative estimate of drug-likeness (QED) is 0.471. The summed E-state index contributed by atoms with van der Waals surface area (Å²) in [5, 5.41) is 7.49. The van der Waals surface area contributed by atoms with Gasteiger partial charge in [0.15, 0.2) is 5.75 Å². The summed E-state index contributed by atoms with van der Waals surface area (Å²) in [7, 11) is 7.46. The van der Waals surface area contributed by atoms with Gasteiger partial charge in [0.05, 0.1) is 31.9 Å². The maximum absolute atomic E-state index is 14.7. The molecule has 2 aliphatic heterocycles. The molecule has 1 aliphatic carbocycles. The summed E-state index contributed by atoms with van der Waals surface area (Å²) in [5.41, 5.74) is -1.57. The van der Waals surface area contributed by atoms with Gasteiger partial charge in [-0.25, -0.2) is 4.79 Å². The first-order valence-corrected chi connectivity index (χ1v) is 12.9. The van der Waals surface area contributed by atoms with Crippen molar-refractivity contribution in [2.75, 3.05) is 19.5 Å². The normalized spacial score (nSPS) is 23.0. The van der Waals surface area contributed by atoms with E-state index in [4.69, 9.17) is 25.8 Å². The van der Waals surface area contributed by atoms with Crippen LogP contribution >= 0.6 is 11.6 Å². The van der Waals surface area contributed by atoms with Crippen LogP contribution < -0.4 is 30.8 Å². The van der Waals surface area contributed by atoms with Crippen LogP contribution in [0.1, 0.15) is 40.7 Å². The molecule has 0 saturated heterocycles. The Morgan fingerprint density at radius 1 is 1.07 bits per heavy atom. The van der Waals surface area contributed by atoms with E-state index in [2.05, 4.69) is 10.4 Å². The van der Waals surface area contributed by atoms with Crippen molar-refractivity contribution in [3.8, 4) is 17.2 Å². The number of benzene rings is 1. The molecule has 1 aromatic carbocycles. The summed E-state index contributed by atoms with van der Waals surface area (Å²) in [6.07, 6.45) is 3.46. The van der Waals surface area contributed by atoms with E-state index in [9.17, 15) is 19.2 Å². The van der Waals surface area contributed by atoms with E-state index < -0.39 is 40.3 Å². The number of allylic oxidation sites excluding steroid dienone is 1. The molecule has 208 valence electrons. The Bertz CT molecular complexity index is 1820. The molecule has 0 radical (unpaired) electrons. The number of nitrogens with one attached hydrogen (secondary N) is 1. The van der Waals surface area contributed by atoms with Crippen LogP contribution in [0.3, 0.4) is 0 Å². The molecule has 3 atom stereocenters. The summed E-state index contributed by atoms with van der Waals surface area (Å²) in [6, 6.07) is 1.48. The summed E-state index contributed by atoms with van der Waals surface area (Å²) in [5.74, 6) is -2.09. The number of ether oxygens (including phenoxy) is 3. The highest BCUT2D eigenvalue weighted by Gasteiger charge is 2.63. The summed E-state index contributed by atoms with van der Waals surface area (Å²) >= 11 is 6.57. The highest BCUT2D eigenvalue weighted by Crippen LogP contribution is 2.56. The molecule has 12 nitrogen and oxygen atoms in total.